The van der Waals surface area contributed by atoms with E-state index in [2.05, 4.69) is 32.3 Å². The Balaban J connectivity index is 1.50. The molecule has 1 aromatic heterocycles. The number of hydrogen-bond acceptors (Lipinski definition) is 4. The zero-order chi connectivity index (χ0) is 17.4. The minimum atomic E-state index is -4.54. The van der Waals surface area contributed by atoms with E-state index in [1.165, 1.54) is 5.56 Å². The summed E-state index contributed by atoms with van der Waals surface area (Å²) in [6, 6.07) is 10.4. The molecule has 2 aromatic rings. The van der Waals surface area contributed by atoms with Gasteiger partial charge in [0.25, 0.3) is 5.82 Å². The first-order chi connectivity index (χ1) is 12.0. The van der Waals surface area contributed by atoms with E-state index >= 15 is 0 Å². The maximum absolute atomic E-state index is 13.0. The molecule has 3 heterocycles. The normalized spacial score (nSPS) is 18.8. The van der Waals surface area contributed by atoms with Crippen molar-refractivity contribution in [2.24, 2.45) is 5.10 Å². The highest BCUT2D eigenvalue weighted by molar-refractivity contribution is 5.83. The first-order valence-electron chi connectivity index (χ1n) is 8.41. The number of benzene rings is 1. The molecular weight excluding hydrogens is 331 g/mol. The number of aryl methyl sites for hydroxylation is 1. The van der Waals surface area contributed by atoms with E-state index in [-0.39, 0.29) is 5.82 Å². The van der Waals surface area contributed by atoms with Gasteiger partial charge in [0.2, 0.25) is 0 Å². The van der Waals surface area contributed by atoms with Crippen LogP contribution in [-0.2, 0) is 12.6 Å². The summed E-state index contributed by atoms with van der Waals surface area (Å²) >= 11 is 0. The van der Waals surface area contributed by atoms with Crippen LogP contribution in [0.1, 0.15) is 42.4 Å². The second-order valence-corrected chi connectivity index (χ2v) is 6.44. The molecule has 0 unspecified atom stereocenters. The number of alkyl halides is 3. The van der Waals surface area contributed by atoms with Crippen molar-refractivity contribution in [1.29, 1.82) is 0 Å². The Bertz CT molecular complexity index is 773. The van der Waals surface area contributed by atoms with E-state index in [0.717, 1.165) is 30.6 Å². The second kappa shape index (κ2) is 6.16. The smallest absolute Gasteiger partial charge is 0.359 e. The monoisotopic (exact) mass is 349 g/mol. The number of hydrogen-bond donors (Lipinski definition) is 0. The van der Waals surface area contributed by atoms with Gasteiger partial charge in [0.15, 0.2) is 5.82 Å². The molecule has 0 amide bonds. The molecule has 25 heavy (non-hydrogen) atoms. The van der Waals surface area contributed by atoms with Gasteiger partial charge in [-0.1, -0.05) is 30.3 Å². The molecule has 0 atom stereocenters. The number of nitrogens with zero attached hydrogens (tertiary/aromatic N) is 5. The van der Waals surface area contributed by atoms with Crippen LogP contribution >= 0.6 is 0 Å². The van der Waals surface area contributed by atoms with Crippen LogP contribution in [-0.4, -0.2) is 38.7 Å². The highest BCUT2D eigenvalue weighted by Gasteiger charge is 2.40. The van der Waals surface area contributed by atoms with Gasteiger partial charge >= 0.3 is 6.18 Å². The predicted molar refractivity (Wildman–Crippen MR) is 86.2 cm³/mol. The van der Waals surface area contributed by atoms with E-state index in [0.29, 0.717) is 24.6 Å². The Labute approximate surface area is 143 Å². The van der Waals surface area contributed by atoms with Gasteiger partial charge in [-0.05, 0) is 24.3 Å². The second-order valence-electron chi connectivity index (χ2n) is 6.44. The lowest BCUT2D eigenvalue weighted by molar-refractivity contribution is -0.147. The standard InChI is InChI=1S/C17H18F3N5/c18-17(19,20)16-22-21-14-6-7-15(23-25(14)16)24-10-8-13(9-11-24)12-4-2-1-3-5-12/h1-5,13H,6-11H2. The van der Waals surface area contributed by atoms with Crippen LogP contribution < -0.4 is 0 Å². The summed E-state index contributed by atoms with van der Waals surface area (Å²) in [6.07, 6.45) is -1.56. The van der Waals surface area contributed by atoms with Crippen molar-refractivity contribution >= 4 is 5.84 Å². The number of rotatable bonds is 1. The molecule has 0 bridgehead atoms. The third-order valence-corrected chi connectivity index (χ3v) is 4.88. The molecule has 0 aliphatic carbocycles. The van der Waals surface area contributed by atoms with Crippen LogP contribution in [0.2, 0.25) is 0 Å². The molecule has 0 saturated carbocycles. The van der Waals surface area contributed by atoms with Crippen LogP contribution in [0.4, 0.5) is 13.2 Å². The van der Waals surface area contributed by atoms with Gasteiger partial charge in [0.1, 0.15) is 5.84 Å². The van der Waals surface area contributed by atoms with Crippen LogP contribution in [0.3, 0.4) is 0 Å². The average molecular weight is 349 g/mol. The Kier molecular flexibility index (Phi) is 3.97. The zero-order valence-electron chi connectivity index (χ0n) is 13.6. The van der Waals surface area contributed by atoms with Crippen molar-refractivity contribution in [3.8, 4) is 0 Å². The maximum atomic E-state index is 13.0. The summed E-state index contributed by atoms with van der Waals surface area (Å²) in [5.41, 5.74) is 1.33. The van der Waals surface area contributed by atoms with Crippen LogP contribution in [0.5, 0.6) is 0 Å². The first kappa shape index (κ1) is 16.1. The van der Waals surface area contributed by atoms with Gasteiger partial charge in [-0.15, -0.1) is 10.2 Å². The van der Waals surface area contributed by atoms with Crippen molar-refractivity contribution < 1.29 is 13.2 Å². The molecule has 2 aliphatic heterocycles. The fraction of sp³-hybridized carbons (Fsp3) is 0.471. The molecule has 5 nitrogen and oxygen atoms in total. The van der Waals surface area contributed by atoms with Gasteiger partial charge in [0, 0.05) is 25.9 Å². The third-order valence-electron chi connectivity index (χ3n) is 4.88. The topological polar surface area (TPSA) is 46.3 Å². The Morgan fingerprint density at radius 3 is 2.36 bits per heavy atom. The van der Waals surface area contributed by atoms with Gasteiger partial charge < -0.3 is 4.90 Å². The first-order valence-corrected chi connectivity index (χ1v) is 8.41. The lowest BCUT2D eigenvalue weighted by Crippen LogP contribution is -2.40. The van der Waals surface area contributed by atoms with Gasteiger partial charge in [-0.3, -0.25) is 0 Å². The zero-order valence-corrected chi connectivity index (χ0v) is 13.6. The Morgan fingerprint density at radius 2 is 1.68 bits per heavy atom. The lowest BCUT2D eigenvalue weighted by atomic mass is 9.89. The number of halogens is 3. The van der Waals surface area contributed by atoms with Crippen molar-refractivity contribution in [2.75, 3.05) is 13.1 Å². The predicted octanol–water partition coefficient (Wildman–Crippen LogP) is 3.28. The average Bonchev–Trinajstić information content (AvgIpc) is 3.06. The quantitative estimate of drug-likeness (QED) is 0.794. The molecular formula is C17H18F3N5. The van der Waals surface area contributed by atoms with Gasteiger partial charge in [-0.2, -0.15) is 22.9 Å². The third kappa shape index (κ3) is 3.12. The van der Waals surface area contributed by atoms with Crippen LogP contribution in [0, 0.1) is 0 Å². The van der Waals surface area contributed by atoms with Crippen molar-refractivity contribution in [3.05, 3.63) is 47.5 Å². The van der Waals surface area contributed by atoms with Crippen molar-refractivity contribution in [3.63, 3.8) is 0 Å². The molecule has 2 aliphatic rings. The molecule has 1 saturated heterocycles. The maximum Gasteiger partial charge on any atom is 0.453 e. The number of aromatic nitrogens is 3. The minimum Gasteiger partial charge on any atom is -0.359 e. The molecule has 0 spiro atoms. The van der Waals surface area contributed by atoms with E-state index in [1.54, 1.807) is 0 Å². The Hall–Kier alpha value is -2.38. The summed E-state index contributed by atoms with van der Waals surface area (Å²) in [6.45, 7) is 1.61. The number of amidine groups is 1. The summed E-state index contributed by atoms with van der Waals surface area (Å²) in [4.78, 5) is 2.10. The molecule has 4 rings (SSSR count). The van der Waals surface area contributed by atoms with E-state index in [9.17, 15) is 13.2 Å². The van der Waals surface area contributed by atoms with E-state index in [4.69, 9.17) is 0 Å². The summed E-state index contributed by atoms with van der Waals surface area (Å²) in [5.74, 6) is 0.427. The number of fused-ring (bicyclic) bond motifs is 1. The summed E-state index contributed by atoms with van der Waals surface area (Å²) in [7, 11) is 0. The van der Waals surface area contributed by atoms with Crippen LogP contribution in [0.15, 0.2) is 35.4 Å². The molecule has 132 valence electrons. The molecule has 0 N–H and O–H groups in total. The number of likely N-dealkylation sites (tertiary alicyclic amines) is 1. The fourth-order valence-corrected chi connectivity index (χ4v) is 3.56. The lowest BCUT2D eigenvalue weighted by Gasteiger charge is -2.35. The largest absolute Gasteiger partial charge is 0.453 e. The molecule has 8 heteroatoms. The fourth-order valence-electron chi connectivity index (χ4n) is 3.56. The van der Waals surface area contributed by atoms with Crippen molar-refractivity contribution in [2.45, 2.75) is 37.8 Å². The van der Waals surface area contributed by atoms with Crippen LogP contribution in [0.25, 0.3) is 0 Å². The van der Waals surface area contributed by atoms with Gasteiger partial charge in [-0.25, -0.2) is 0 Å². The molecule has 1 fully saturated rings. The molecule has 1 aromatic carbocycles. The van der Waals surface area contributed by atoms with Crippen molar-refractivity contribution in [1.82, 2.24) is 19.8 Å². The highest BCUT2D eigenvalue weighted by Crippen LogP contribution is 2.31. The summed E-state index contributed by atoms with van der Waals surface area (Å²) in [5, 5.41) is 11.1. The minimum absolute atomic E-state index is 0.273. The van der Waals surface area contributed by atoms with E-state index < -0.39 is 12.0 Å². The Morgan fingerprint density at radius 1 is 0.960 bits per heavy atom. The number of piperidine rings is 1. The highest BCUT2D eigenvalue weighted by atomic mass is 19.4. The van der Waals surface area contributed by atoms with Gasteiger partial charge in [0.05, 0.1) is 0 Å². The molecule has 0 radical (unpaired) electrons. The van der Waals surface area contributed by atoms with E-state index in [1.807, 2.05) is 18.2 Å². The SMILES string of the molecule is FC(F)(F)c1nnc2n1N=C(N1CCC(c3ccccc3)CC1)CC2. The summed E-state index contributed by atoms with van der Waals surface area (Å²) < 4.78 is 39.9.